The maximum Gasteiger partial charge on any atom is 0.150 e. The molecule has 116 valence electrons. The highest BCUT2D eigenvalue weighted by molar-refractivity contribution is 5.75. The summed E-state index contributed by atoms with van der Waals surface area (Å²) in [6.45, 7) is 7.37. The van der Waals surface area contributed by atoms with Gasteiger partial charge in [-0.3, -0.25) is 4.79 Å². The average molecular weight is 298 g/mol. The van der Waals surface area contributed by atoms with Crippen molar-refractivity contribution in [2.24, 2.45) is 0 Å². The van der Waals surface area contributed by atoms with Crippen molar-refractivity contribution in [1.29, 1.82) is 0 Å². The molecule has 0 bridgehead atoms. The van der Waals surface area contributed by atoms with Crippen molar-refractivity contribution in [2.45, 2.75) is 26.7 Å². The summed E-state index contributed by atoms with van der Waals surface area (Å²) in [6, 6.07) is 13.3. The average Bonchev–Trinajstić information content (AvgIpc) is 2.51. The van der Waals surface area contributed by atoms with E-state index in [2.05, 4.69) is 32.9 Å². The van der Waals surface area contributed by atoms with Crippen LogP contribution in [0.25, 0.3) is 0 Å². The molecule has 0 unspecified atom stereocenters. The lowest BCUT2D eigenvalue weighted by Gasteiger charge is -2.13. The van der Waals surface area contributed by atoms with Crippen LogP contribution in [-0.2, 0) is 0 Å². The minimum Gasteiger partial charge on any atom is -0.490 e. The highest BCUT2D eigenvalue weighted by Crippen LogP contribution is 2.23. The van der Waals surface area contributed by atoms with Crippen molar-refractivity contribution in [3.8, 4) is 11.5 Å². The highest BCUT2D eigenvalue weighted by atomic mass is 16.5. The first-order valence-electron chi connectivity index (χ1n) is 7.51. The van der Waals surface area contributed by atoms with Crippen LogP contribution >= 0.6 is 0 Å². The monoisotopic (exact) mass is 298 g/mol. The summed E-state index contributed by atoms with van der Waals surface area (Å²) in [5, 5.41) is 0. The number of benzene rings is 2. The molecule has 2 aromatic rings. The Morgan fingerprint density at radius 3 is 2.27 bits per heavy atom. The van der Waals surface area contributed by atoms with Gasteiger partial charge in [0.1, 0.15) is 31.0 Å². The number of hydrogen-bond donors (Lipinski definition) is 0. The van der Waals surface area contributed by atoms with Crippen molar-refractivity contribution in [1.82, 2.24) is 0 Å². The minimum absolute atomic E-state index is 0.438. The van der Waals surface area contributed by atoms with Crippen LogP contribution in [0.2, 0.25) is 0 Å². The zero-order chi connectivity index (χ0) is 15.9. The van der Waals surface area contributed by atoms with E-state index in [9.17, 15) is 4.79 Å². The normalized spacial score (nSPS) is 10.5. The predicted molar refractivity (Wildman–Crippen MR) is 88.1 cm³/mol. The van der Waals surface area contributed by atoms with Crippen molar-refractivity contribution in [2.75, 3.05) is 13.2 Å². The molecule has 3 nitrogen and oxygen atoms in total. The quantitative estimate of drug-likeness (QED) is 0.562. The highest BCUT2D eigenvalue weighted by Gasteiger charge is 2.04. The van der Waals surface area contributed by atoms with Crippen LogP contribution in [0.15, 0.2) is 42.5 Å². The second-order valence-electron chi connectivity index (χ2n) is 5.56. The standard InChI is InChI=1S/C19H22O3/c1-14(2)19-8-7-18(11-15(19)3)22-10-9-21-17-6-4-5-16(12-17)13-20/h4-8,11-14H,9-10H2,1-3H3. The fourth-order valence-electron chi connectivity index (χ4n) is 2.38. The third-order valence-corrected chi connectivity index (χ3v) is 3.48. The molecule has 0 fully saturated rings. The number of rotatable bonds is 7. The molecular weight excluding hydrogens is 276 g/mol. The first-order valence-corrected chi connectivity index (χ1v) is 7.51. The van der Waals surface area contributed by atoms with E-state index in [4.69, 9.17) is 9.47 Å². The van der Waals surface area contributed by atoms with E-state index in [0.717, 1.165) is 12.0 Å². The van der Waals surface area contributed by atoms with Crippen LogP contribution in [0, 0.1) is 6.92 Å². The first-order chi connectivity index (χ1) is 10.6. The lowest BCUT2D eigenvalue weighted by atomic mass is 9.98. The van der Waals surface area contributed by atoms with Crippen molar-refractivity contribution >= 4 is 6.29 Å². The van der Waals surface area contributed by atoms with Crippen molar-refractivity contribution in [3.05, 3.63) is 59.2 Å². The van der Waals surface area contributed by atoms with Crippen molar-refractivity contribution in [3.63, 3.8) is 0 Å². The number of ether oxygens (including phenoxy) is 2. The topological polar surface area (TPSA) is 35.5 Å². The van der Waals surface area contributed by atoms with Crippen LogP contribution in [0.4, 0.5) is 0 Å². The maximum atomic E-state index is 10.7. The van der Waals surface area contributed by atoms with Crippen LogP contribution in [0.1, 0.15) is 41.3 Å². The van der Waals surface area contributed by atoms with E-state index in [1.165, 1.54) is 11.1 Å². The van der Waals surface area contributed by atoms with E-state index in [0.29, 0.717) is 30.4 Å². The molecule has 22 heavy (non-hydrogen) atoms. The smallest absolute Gasteiger partial charge is 0.150 e. The van der Waals surface area contributed by atoms with Gasteiger partial charge in [0.05, 0.1) is 0 Å². The Kier molecular flexibility index (Phi) is 5.59. The van der Waals surface area contributed by atoms with Crippen LogP contribution in [0.5, 0.6) is 11.5 Å². The zero-order valence-corrected chi connectivity index (χ0v) is 13.3. The fraction of sp³-hybridized carbons (Fsp3) is 0.316. The van der Waals surface area contributed by atoms with Crippen LogP contribution < -0.4 is 9.47 Å². The molecule has 0 N–H and O–H groups in total. The summed E-state index contributed by atoms with van der Waals surface area (Å²) < 4.78 is 11.3. The molecule has 0 aliphatic rings. The Labute approximate surface area is 131 Å². The lowest BCUT2D eigenvalue weighted by molar-refractivity contribution is 0.112. The summed E-state index contributed by atoms with van der Waals surface area (Å²) in [7, 11) is 0. The molecule has 0 amide bonds. The fourth-order valence-corrected chi connectivity index (χ4v) is 2.38. The molecule has 3 heteroatoms. The Bertz CT molecular complexity index is 632. The molecule has 2 rings (SSSR count). The number of carbonyl (C=O) groups is 1. The Morgan fingerprint density at radius 2 is 1.68 bits per heavy atom. The Balaban J connectivity index is 1.83. The van der Waals surface area contributed by atoms with Gasteiger partial charge in [0.2, 0.25) is 0 Å². The predicted octanol–water partition coefficient (Wildman–Crippen LogP) is 4.39. The molecule has 0 spiro atoms. The molecule has 0 radical (unpaired) electrons. The van der Waals surface area contributed by atoms with Gasteiger partial charge in [-0.1, -0.05) is 32.0 Å². The molecule has 2 aromatic carbocycles. The Hall–Kier alpha value is -2.29. The third kappa shape index (κ3) is 4.35. The number of hydrogen-bond acceptors (Lipinski definition) is 3. The van der Waals surface area contributed by atoms with Gasteiger partial charge in [-0.2, -0.15) is 0 Å². The van der Waals surface area contributed by atoms with Crippen molar-refractivity contribution < 1.29 is 14.3 Å². The Morgan fingerprint density at radius 1 is 1.00 bits per heavy atom. The van der Waals surface area contributed by atoms with Crippen LogP contribution in [0.3, 0.4) is 0 Å². The van der Waals surface area contributed by atoms with E-state index in [-0.39, 0.29) is 0 Å². The number of carbonyl (C=O) groups excluding carboxylic acids is 1. The molecule has 0 saturated carbocycles. The molecular formula is C19H22O3. The van der Waals surface area contributed by atoms with E-state index in [1.54, 1.807) is 18.2 Å². The molecule has 0 saturated heterocycles. The maximum absolute atomic E-state index is 10.7. The summed E-state index contributed by atoms with van der Waals surface area (Å²) >= 11 is 0. The molecule has 0 aromatic heterocycles. The summed E-state index contributed by atoms with van der Waals surface area (Å²) in [5.41, 5.74) is 3.19. The summed E-state index contributed by atoms with van der Waals surface area (Å²) in [6.07, 6.45) is 0.808. The van der Waals surface area contributed by atoms with E-state index < -0.39 is 0 Å². The van der Waals surface area contributed by atoms with Gasteiger partial charge in [0.15, 0.2) is 0 Å². The summed E-state index contributed by atoms with van der Waals surface area (Å²) in [4.78, 5) is 10.7. The van der Waals surface area contributed by atoms with Gasteiger partial charge in [-0.15, -0.1) is 0 Å². The van der Waals surface area contributed by atoms with E-state index >= 15 is 0 Å². The largest absolute Gasteiger partial charge is 0.490 e. The SMILES string of the molecule is Cc1cc(OCCOc2cccc(C=O)c2)ccc1C(C)C. The molecule has 0 aliphatic carbocycles. The van der Waals surface area contributed by atoms with Gasteiger partial charge < -0.3 is 9.47 Å². The van der Waals surface area contributed by atoms with E-state index in [1.807, 2.05) is 12.1 Å². The summed E-state index contributed by atoms with van der Waals surface area (Å²) in [5.74, 6) is 2.05. The van der Waals surface area contributed by atoms with Gasteiger partial charge in [0, 0.05) is 5.56 Å². The number of aryl methyl sites for hydroxylation is 1. The molecule has 0 aliphatic heterocycles. The number of aldehydes is 1. The van der Waals surface area contributed by atoms with Gasteiger partial charge in [-0.25, -0.2) is 0 Å². The zero-order valence-electron chi connectivity index (χ0n) is 13.3. The van der Waals surface area contributed by atoms with Gasteiger partial charge in [0.25, 0.3) is 0 Å². The van der Waals surface area contributed by atoms with Crippen LogP contribution in [-0.4, -0.2) is 19.5 Å². The molecule has 0 heterocycles. The lowest BCUT2D eigenvalue weighted by Crippen LogP contribution is -2.09. The van der Waals surface area contributed by atoms with Gasteiger partial charge in [-0.05, 0) is 48.2 Å². The molecule has 0 atom stereocenters. The third-order valence-electron chi connectivity index (χ3n) is 3.48. The first kappa shape index (κ1) is 16.1. The second kappa shape index (κ2) is 7.64. The van der Waals surface area contributed by atoms with Gasteiger partial charge >= 0.3 is 0 Å². The minimum atomic E-state index is 0.438. The second-order valence-corrected chi connectivity index (χ2v) is 5.56.